The largest absolute Gasteiger partial charge is 0.416 e. The molecular formula is C12H11F6N. The number of hydrogen-bond donors (Lipinski definition) is 1. The Morgan fingerprint density at radius 2 is 1.42 bits per heavy atom. The fraction of sp³-hybridized carbons (Fsp3) is 0.333. The van der Waals surface area contributed by atoms with Gasteiger partial charge >= 0.3 is 12.4 Å². The number of benzene rings is 1. The van der Waals surface area contributed by atoms with Crippen LogP contribution in [0.2, 0.25) is 0 Å². The highest BCUT2D eigenvalue weighted by Gasteiger charge is 2.37. The van der Waals surface area contributed by atoms with Crippen LogP contribution in [0.25, 0.3) is 0 Å². The van der Waals surface area contributed by atoms with E-state index in [4.69, 9.17) is 0 Å². The first-order valence-electron chi connectivity index (χ1n) is 5.18. The monoisotopic (exact) mass is 283 g/mol. The number of likely N-dealkylation sites (N-methyl/N-ethyl adjacent to an activating group) is 1. The van der Waals surface area contributed by atoms with Crippen LogP contribution in [-0.4, -0.2) is 7.05 Å². The molecule has 0 aliphatic carbocycles. The van der Waals surface area contributed by atoms with Gasteiger partial charge in [-0.15, -0.1) is 6.58 Å². The first-order valence-corrected chi connectivity index (χ1v) is 5.18. The zero-order valence-corrected chi connectivity index (χ0v) is 9.86. The van der Waals surface area contributed by atoms with Crippen molar-refractivity contribution in [3.8, 4) is 0 Å². The Morgan fingerprint density at radius 1 is 1.00 bits per heavy atom. The third-order valence-electron chi connectivity index (χ3n) is 2.52. The smallest absolute Gasteiger partial charge is 0.310 e. The molecule has 0 aliphatic rings. The fourth-order valence-corrected chi connectivity index (χ4v) is 1.58. The van der Waals surface area contributed by atoms with E-state index in [2.05, 4.69) is 11.9 Å². The summed E-state index contributed by atoms with van der Waals surface area (Å²) in [5, 5.41) is 2.57. The van der Waals surface area contributed by atoms with Gasteiger partial charge in [0, 0.05) is 0 Å². The van der Waals surface area contributed by atoms with Gasteiger partial charge in [-0.2, -0.15) is 26.3 Å². The molecule has 0 amide bonds. The second-order valence-corrected chi connectivity index (χ2v) is 3.84. The van der Waals surface area contributed by atoms with Gasteiger partial charge in [0.15, 0.2) is 0 Å². The topological polar surface area (TPSA) is 12.0 Å². The molecule has 0 heterocycles. The molecular weight excluding hydrogens is 272 g/mol. The normalized spacial score (nSPS) is 14.3. The second-order valence-electron chi connectivity index (χ2n) is 3.84. The molecule has 0 saturated carbocycles. The van der Waals surface area contributed by atoms with E-state index in [1.165, 1.54) is 13.1 Å². The summed E-state index contributed by atoms with van der Waals surface area (Å²) in [6.45, 7) is 3.37. The van der Waals surface area contributed by atoms with E-state index >= 15 is 0 Å². The molecule has 1 nitrogen and oxygen atoms in total. The average molecular weight is 283 g/mol. The molecule has 1 aromatic rings. The lowest BCUT2D eigenvalue weighted by Crippen LogP contribution is -2.17. The van der Waals surface area contributed by atoms with Crippen LogP contribution in [0, 0.1) is 0 Å². The van der Waals surface area contributed by atoms with Crippen molar-refractivity contribution in [2.24, 2.45) is 0 Å². The quantitative estimate of drug-likeness (QED) is 0.648. The van der Waals surface area contributed by atoms with E-state index in [0.29, 0.717) is 12.1 Å². The highest BCUT2D eigenvalue weighted by atomic mass is 19.4. The molecule has 0 saturated heterocycles. The van der Waals surface area contributed by atoms with Gasteiger partial charge in [0.2, 0.25) is 0 Å². The highest BCUT2D eigenvalue weighted by Crippen LogP contribution is 2.37. The summed E-state index contributed by atoms with van der Waals surface area (Å²) < 4.78 is 75.6. The van der Waals surface area contributed by atoms with Gasteiger partial charge in [0.25, 0.3) is 0 Å². The van der Waals surface area contributed by atoms with Crippen molar-refractivity contribution < 1.29 is 26.3 Å². The summed E-state index contributed by atoms with van der Waals surface area (Å²) >= 11 is 0. The van der Waals surface area contributed by atoms with Crippen molar-refractivity contribution in [3.63, 3.8) is 0 Å². The summed E-state index contributed by atoms with van der Waals surface area (Å²) in [6, 6.07) is 0.665. The standard InChI is InChI=1S/C12H11F6N/c1-3-10(19-2)7-4-8(11(13,14)15)6-9(5-7)12(16,17)18/h3-6,10,19H,1H2,2H3/t10-/m0/s1. The Labute approximate surface area is 105 Å². The van der Waals surface area contributed by atoms with Crippen molar-refractivity contribution >= 4 is 0 Å². The number of hydrogen-bond acceptors (Lipinski definition) is 1. The van der Waals surface area contributed by atoms with Gasteiger partial charge in [-0.3, -0.25) is 0 Å². The molecule has 106 valence electrons. The summed E-state index contributed by atoms with van der Waals surface area (Å²) in [6.07, 6.45) is -8.44. The van der Waals surface area contributed by atoms with Crippen LogP contribution >= 0.6 is 0 Å². The van der Waals surface area contributed by atoms with Gasteiger partial charge in [-0.1, -0.05) is 6.08 Å². The minimum atomic E-state index is -4.84. The second kappa shape index (κ2) is 5.24. The molecule has 1 rings (SSSR count). The summed E-state index contributed by atoms with van der Waals surface area (Å²) in [5.41, 5.74) is -2.81. The number of nitrogens with one attached hydrogen (secondary N) is 1. The Bertz CT molecular complexity index is 428. The Kier molecular flexibility index (Phi) is 4.29. The Morgan fingerprint density at radius 3 is 1.68 bits per heavy atom. The number of halogens is 6. The van der Waals surface area contributed by atoms with Gasteiger partial charge in [-0.25, -0.2) is 0 Å². The number of rotatable bonds is 3. The maximum absolute atomic E-state index is 12.6. The molecule has 1 atom stereocenters. The van der Waals surface area contributed by atoms with E-state index in [1.54, 1.807) is 0 Å². The van der Waals surface area contributed by atoms with E-state index in [0.717, 1.165) is 0 Å². The molecule has 1 aromatic carbocycles. The predicted octanol–water partition coefficient (Wildman–Crippen LogP) is 4.17. The minimum absolute atomic E-state index is 0.0965. The van der Waals surface area contributed by atoms with Crippen LogP contribution in [0.5, 0.6) is 0 Å². The maximum atomic E-state index is 12.6. The van der Waals surface area contributed by atoms with Crippen molar-refractivity contribution in [3.05, 3.63) is 47.5 Å². The van der Waals surface area contributed by atoms with Gasteiger partial charge in [0.1, 0.15) is 0 Å². The molecule has 0 unspecified atom stereocenters. The fourth-order valence-electron chi connectivity index (χ4n) is 1.58. The lowest BCUT2D eigenvalue weighted by molar-refractivity contribution is -0.143. The zero-order chi connectivity index (χ0) is 14.8. The maximum Gasteiger partial charge on any atom is 0.416 e. The van der Waals surface area contributed by atoms with Crippen LogP contribution in [0.15, 0.2) is 30.9 Å². The van der Waals surface area contributed by atoms with E-state index in [9.17, 15) is 26.3 Å². The van der Waals surface area contributed by atoms with Crippen molar-refractivity contribution in [1.82, 2.24) is 5.32 Å². The number of alkyl halides is 6. The molecule has 0 radical (unpaired) electrons. The van der Waals surface area contributed by atoms with E-state index in [-0.39, 0.29) is 11.6 Å². The first kappa shape index (κ1) is 15.6. The van der Waals surface area contributed by atoms with Crippen LogP contribution in [0.3, 0.4) is 0 Å². The van der Waals surface area contributed by atoms with E-state index < -0.39 is 29.5 Å². The van der Waals surface area contributed by atoms with Gasteiger partial charge < -0.3 is 5.32 Å². The molecule has 0 bridgehead atoms. The summed E-state index contributed by atoms with van der Waals surface area (Å²) in [5.74, 6) is 0. The third kappa shape index (κ3) is 3.73. The predicted molar refractivity (Wildman–Crippen MR) is 58.4 cm³/mol. The third-order valence-corrected chi connectivity index (χ3v) is 2.52. The van der Waals surface area contributed by atoms with Crippen LogP contribution in [-0.2, 0) is 12.4 Å². The lowest BCUT2D eigenvalue weighted by Gasteiger charge is -2.18. The summed E-state index contributed by atoms with van der Waals surface area (Å²) in [7, 11) is 1.42. The molecule has 1 N–H and O–H groups in total. The average Bonchev–Trinajstić information content (AvgIpc) is 2.28. The van der Waals surface area contributed by atoms with Crippen LogP contribution < -0.4 is 5.32 Å². The summed E-state index contributed by atoms with van der Waals surface area (Å²) in [4.78, 5) is 0. The Balaban J connectivity index is 3.45. The van der Waals surface area contributed by atoms with Gasteiger partial charge in [0.05, 0.1) is 17.2 Å². The van der Waals surface area contributed by atoms with Crippen LogP contribution in [0.4, 0.5) is 26.3 Å². The van der Waals surface area contributed by atoms with Gasteiger partial charge in [-0.05, 0) is 30.8 Å². The van der Waals surface area contributed by atoms with Crippen molar-refractivity contribution in [2.45, 2.75) is 18.4 Å². The van der Waals surface area contributed by atoms with Crippen molar-refractivity contribution in [1.29, 1.82) is 0 Å². The highest BCUT2D eigenvalue weighted by molar-refractivity contribution is 5.36. The Hall–Kier alpha value is -1.50. The molecule has 0 fully saturated rings. The van der Waals surface area contributed by atoms with Crippen LogP contribution in [0.1, 0.15) is 22.7 Å². The first-order chi connectivity index (χ1) is 8.59. The molecule has 7 heteroatoms. The SMILES string of the molecule is C=C[C@H](NC)c1cc(C(F)(F)F)cc(C(F)(F)F)c1. The molecule has 0 spiro atoms. The van der Waals surface area contributed by atoms with Crippen molar-refractivity contribution in [2.75, 3.05) is 7.05 Å². The minimum Gasteiger partial charge on any atom is -0.310 e. The lowest BCUT2D eigenvalue weighted by atomic mass is 9.99. The molecule has 19 heavy (non-hydrogen) atoms. The zero-order valence-electron chi connectivity index (χ0n) is 9.86. The molecule has 0 aliphatic heterocycles. The van der Waals surface area contributed by atoms with E-state index in [1.807, 2.05) is 0 Å². The molecule has 0 aromatic heterocycles.